The topological polar surface area (TPSA) is 69.9 Å². The van der Waals surface area contributed by atoms with Crippen molar-refractivity contribution in [2.24, 2.45) is 0 Å². The van der Waals surface area contributed by atoms with Crippen molar-refractivity contribution >= 4 is 0 Å². The van der Waals surface area contributed by atoms with Gasteiger partial charge in [-0.2, -0.15) is 5.26 Å². The van der Waals surface area contributed by atoms with Gasteiger partial charge in [-0.05, 0) is 6.92 Å². The number of nitriles is 1. The van der Waals surface area contributed by atoms with E-state index in [9.17, 15) is 0 Å². The maximum atomic E-state index is 9.07. The molecule has 0 amide bonds. The Morgan fingerprint density at radius 3 is 2.18 bits per heavy atom. The van der Waals surface area contributed by atoms with Gasteiger partial charge in [-0.25, -0.2) is 0 Å². The van der Waals surface area contributed by atoms with E-state index in [0.29, 0.717) is 0 Å². The second-order valence-electron chi connectivity index (χ2n) is 4.32. The van der Waals surface area contributed by atoms with Crippen molar-refractivity contribution < 1.29 is 23.7 Å². The minimum atomic E-state index is -0.963. The van der Waals surface area contributed by atoms with Crippen LogP contribution in [-0.4, -0.2) is 57.6 Å². The summed E-state index contributed by atoms with van der Waals surface area (Å²) < 4.78 is 27.6. The van der Waals surface area contributed by atoms with Crippen molar-refractivity contribution in [1.82, 2.24) is 0 Å². The highest BCUT2D eigenvalue weighted by Crippen LogP contribution is 2.43. The molecule has 2 fully saturated rings. The molecule has 0 spiro atoms. The van der Waals surface area contributed by atoms with Crippen LogP contribution in [0.1, 0.15) is 6.92 Å². The first-order valence-electron chi connectivity index (χ1n) is 5.45. The van der Waals surface area contributed by atoms with E-state index in [1.54, 1.807) is 28.3 Å². The van der Waals surface area contributed by atoms with Crippen LogP contribution in [0.15, 0.2) is 0 Å². The lowest BCUT2D eigenvalue weighted by Crippen LogP contribution is -2.61. The first-order valence-corrected chi connectivity index (χ1v) is 5.45. The lowest BCUT2D eigenvalue weighted by molar-refractivity contribution is -0.298. The molecule has 2 bridgehead atoms. The third-order valence-corrected chi connectivity index (χ3v) is 3.42. The number of ether oxygens (including phenoxy) is 5. The average molecular weight is 243 g/mol. The van der Waals surface area contributed by atoms with Crippen LogP contribution in [0, 0.1) is 11.3 Å². The fourth-order valence-electron chi connectivity index (χ4n) is 2.68. The fourth-order valence-corrected chi connectivity index (χ4v) is 2.68. The van der Waals surface area contributed by atoms with Crippen LogP contribution in [0.4, 0.5) is 0 Å². The molecule has 6 heteroatoms. The van der Waals surface area contributed by atoms with Gasteiger partial charge < -0.3 is 23.7 Å². The summed E-state index contributed by atoms with van der Waals surface area (Å²) in [6.07, 6.45) is -2.27. The molecule has 6 nitrogen and oxygen atoms in total. The van der Waals surface area contributed by atoms with Gasteiger partial charge in [0.2, 0.25) is 0 Å². The summed E-state index contributed by atoms with van der Waals surface area (Å²) in [6.45, 7) is 1.75. The molecule has 2 rings (SSSR count). The van der Waals surface area contributed by atoms with Gasteiger partial charge in [0.15, 0.2) is 11.9 Å². The molecule has 6 atom stereocenters. The van der Waals surface area contributed by atoms with Crippen LogP contribution >= 0.6 is 0 Å². The SMILES string of the molecule is CO[C@@H]1[C@H]2O[C@](C)(O[C@@H]2C#N)[C@@H](OC)[C@H]1OC. The van der Waals surface area contributed by atoms with Crippen molar-refractivity contribution in [3.05, 3.63) is 0 Å². The largest absolute Gasteiger partial charge is 0.376 e. The summed E-state index contributed by atoms with van der Waals surface area (Å²) in [5.41, 5.74) is 0. The predicted octanol–water partition coefficient (Wildman–Crippen LogP) is 0.0688. The summed E-state index contributed by atoms with van der Waals surface area (Å²) >= 11 is 0. The van der Waals surface area contributed by atoms with E-state index >= 15 is 0 Å². The van der Waals surface area contributed by atoms with Gasteiger partial charge in [0, 0.05) is 21.3 Å². The molecule has 0 aromatic rings. The quantitative estimate of drug-likeness (QED) is 0.698. The van der Waals surface area contributed by atoms with Gasteiger partial charge in [0.1, 0.15) is 24.4 Å². The van der Waals surface area contributed by atoms with Crippen molar-refractivity contribution in [3.8, 4) is 6.07 Å². The molecule has 0 radical (unpaired) electrons. The van der Waals surface area contributed by atoms with Gasteiger partial charge in [-0.1, -0.05) is 0 Å². The van der Waals surface area contributed by atoms with Crippen LogP contribution in [0.2, 0.25) is 0 Å². The van der Waals surface area contributed by atoms with Crippen molar-refractivity contribution in [2.75, 3.05) is 21.3 Å². The van der Waals surface area contributed by atoms with E-state index in [1.165, 1.54) is 0 Å². The van der Waals surface area contributed by atoms with Crippen LogP contribution in [0.5, 0.6) is 0 Å². The highest BCUT2D eigenvalue weighted by atomic mass is 16.8. The third kappa shape index (κ3) is 1.75. The van der Waals surface area contributed by atoms with E-state index in [4.69, 9.17) is 28.9 Å². The summed E-state index contributed by atoms with van der Waals surface area (Å²) in [5, 5.41) is 9.07. The lowest BCUT2D eigenvalue weighted by Gasteiger charge is -2.43. The highest BCUT2D eigenvalue weighted by molar-refractivity contribution is 5.10. The zero-order valence-corrected chi connectivity index (χ0v) is 10.4. The second-order valence-corrected chi connectivity index (χ2v) is 4.32. The van der Waals surface area contributed by atoms with Crippen LogP contribution < -0.4 is 0 Å². The van der Waals surface area contributed by atoms with Crippen molar-refractivity contribution in [1.29, 1.82) is 5.26 Å². The van der Waals surface area contributed by atoms with E-state index in [0.717, 1.165) is 0 Å². The molecule has 96 valence electrons. The summed E-state index contributed by atoms with van der Waals surface area (Å²) in [7, 11) is 4.70. The molecule has 0 aromatic carbocycles. The summed E-state index contributed by atoms with van der Waals surface area (Å²) in [5.74, 6) is -0.963. The van der Waals surface area contributed by atoms with Crippen LogP contribution in [0.25, 0.3) is 0 Å². The Bertz CT molecular complexity index is 330. The second kappa shape index (κ2) is 4.52. The normalized spacial score (nSPS) is 49.0. The van der Waals surface area contributed by atoms with Crippen molar-refractivity contribution in [2.45, 2.75) is 43.2 Å². The minimum Gasteiger partial charge on any atom is -0.376 e. The Balaban J connectivity index is 2.35. The molecule has 0 aliphatic carbocycles. The van der Waals surface area contributed by atoms with Crippen LogP contribution in [-0.2, 0) is 23.7 Å². The molecule has 17 heavy (non-hydrogen) atoms. The molecular weight excluding hydrogens is 226 g/mol. The first kappa shape index (κ1) is 12.7. The Labute approximate surface area is 100 Å². The van der Waals surface area contributed by atoms with E-state index in [1.807, 2.05) is 0 Å². The van der Waals surface area contributed by atoms with Crippen molar-refractivity contribution in [3.63, 3.8) is 0 Å². The summed E-state index contributed by atoms with van der Waals surface area (Å²) in [6, 6.07) is 2.08. The molecule has 0 aromatic heterocycles. The third-order valence-electron chi connectivity index (χ3n) is 3.42. The van der Waals surface area contributed by atoms with Gasteiger partial charge in [0.25, 0.3) is 0 Å². The smallest absolute Gasteiger partial charge is 0.196 e. The zero-order valence-electron chi connectivity index (χ0n) is 10.4. The molecule has 2 saturated heterocycles. The van der Waals surface area contributed by atoms with Gasteiger partial charge >= 0.3 is 0 Å². The molecule has 2 aliphatic rings. The number of hydrogen-bond acceptors (Lipinski definition) is 6. The molecule has 2 heterocycles. The molecule has 0 unspecified atom stereocenters. The van der Waals surface area contributed by atoms with E-state index in [2.05, 4.69) is 6.07 Å². The first-order chi connectivity index (χ1) is 8.11. The standard InChI is InChI=1S/C11H17NO5/c1-11-10(15-4)9(14-3)8(13-2)7(17-11)6(5-12)16-11/h6-10H,1-4H3/t6-,7+,8-,9+,10+,11+/m1/s1. The van der Waals surface area contributed by atoms with E-state index in [-0.39, 0.29) is 12.2 Å². The van der Waals surface area contributed by atoms with Gasteiger partial charge in [-0.15, -0.1) is 0 Å². The monoisotopic (exact) mass is 243 g/mol. The Kier molecular flexibility index (Phi) is 3.39. The Morgan fingerprint density at radius 1 is 1.06 bits per heavy atom. The maximum Gasteiger partial charge on any atom is 0.196 e. The zero-order chi connectivity index (χ0) is 12.6. The highest BCUT2D eigenvalue weighted by Gasteiger charge is 2.62. The number of hydrogen-bond donors (Lipinski definition) is 0. The number of methoxy groups -OCH3 is 3. The maximum absolute atomic E-state index is 9.07. The average Bonchev–Trinajstić information content (AvgIpc) is 2.63. The minimum absolute atomic E-state index is 0.327. The molecule has 0 N–H and O–H groups in total. The molecule has 2 aliphatic heterocycles. The number of fused-ring (bicyclic) bond motifs is 2. The number of nitrogens with zero attached hydrogens (tertiary/aromatic N) is 1. The molecule has 0 saturated carbocycles. The number of rotatable bonds is 3. The van der Waals surface area contributed by atoms with Crippen LogP contribution in [0.3, 0.4) is 0 Å². The Morgan fingerprint density at radius 2 is 1.71 bits per heavy atom. The van der Waals surface area contributed by atoms with E-state index < -0.39 is 24.1 Å². The van der Waals surface area contributed by atoms with Gasteiger partial charge in [-0.3, -0.25) is 0 Å². The van der Waals surface area contributed by atoms with Gasteiger partial charge in [0.05, 0.1) is 6.07 Å². The fraction of sp³-hybridized carbons (Fsp3) is 0.909. The Hall–Kier alpha value is -0.710. The predicted molar refractivity (Wildman–Crippen MR) is 56.2 cm³/mol. The summed E-state index contributed by atoms with van der Waals surface area (Å²) in [4.78, 5) is 0. The lowest BCUT2D eigenvalue weighted by atomic mass is 9.93. The molecular formula is C11H17NO5.